The lowest BCUT2D eigenvalue weighted by atomic mass is 10.1. The van der Waals surface area contributed by atoms with Gasteiger partial charge in [-0.3, -0.25) is 9.69 Å². The molecule has 0 bridgehead atoms. The summed E-state index contributed by atoms with van der Waals surface area (Å²) in [4.78, 5) is 16.7. The average molecular weight is 317 g/mol. The molecule has 128 valence electrons. The summed E-state index contributed by atoms with van der Waals surface area (Å²) >= 11 is 0. The van der Waals surface area contributed by atoms with Crippen LogP contribution in [0, 0.1) is 12.8 Å². The largest absolute Gasteiger partial charge is 0.369 e. The Morgan fingerprint density at radius 1 is 1.17 bits per heavy atom. The molecule has 4 heteroatoms. The number of nitrogens with zero attached hydrogens (tertiary/aromatic N) is 2. The molecule has 1 aliphatic heterocycles. The molecule has 23 heavy (non-hydrogen) atoms. The average Bonchev–Trinajstić information content (AvgIpc) is 2.53. The zero-order chi connectivity index (χ0) is 16.8. The topological polar surface area (TPSA) is 35.6 Å². The standard InChI is InChI=1S/C19H31N3O/c1-15(2)19(23)20-17(4)8-9-21-10-12-22(13-11-21)18-7-5-6-16(3)14-18/h5-7,14-15,17H,8-13H2,1-4H3,(H,20,23). The van der Waals surface area contributed by atoms with Crippen molar-refractivity contribution >= 4 is 11.6 Å². The predicted octanol–water partition coefficient (Wildman–Crippen LogP) is 2.67. The molecule has 2 rings (SSSR count). The van der Waals surface area contributed by atoms with Gasteiger partial charge in [0, 0.05) is 50.4 Å². The Kier molecular flexibility index (Phi) is 6.46. The summed E-state index contributed by atoms with van der Waals surface area (Å²) in [5.41, 5.74) is 2.65. The minimum Gasteiger partial charge on any atom is -0.369 e. The maximum atomic E-state index is 11.7. The molecule has 1 fully saturated rings. The van der Waals surface area contributed by atoms with Gasteiger partial charge in [0.1, 0.15) is 0 Å². The van der Waals surface area contributed by atoms with Crippen LogP contribution in [-0.2, 0) is 4.79 Å². The molecule has 1 aromatic carbocycles. The van der Waals surface area contributed by atoms with E-state index in [1.807, 2.05) is 13.8 Å². The lowest BCUT2D eigenvalue weighted by Gasteiger charge is -2.36. The fourth-order valence-corrected chi connectivity index (χ4v) is 2.91. The Balaban J connectivity index is 1.71. The van der Waals surface area contributed by atoms with Gasteiger partial charge in [0.2, 0.25) is 5.91 Å². The van der Waals surface area contributed by atoms with Crippen molar-refractivity contribution in [3.63, 3.8) is 0 Å². The summed E-state index contributed by atoms with van der Waals surface area (Å²) < 4.78 is 0. The van der Waals surface area contributed by atoms with Crippen LogP contribution >= 0.6 is 0 Å². The zero-order valence-corrected chi connectivity index (χ0v) is 15.0. The van der Waals surface area contributed by atoms with Crippen LogP contribution in [-0.4, -0.2) is 49.6 Å². The van der Waals surface area contributed by atoms with Gasteiger partial charge in [-0.1, -0.05) is 26.0 Å². The smallest absolute Gasteiger partial charge is 0.222 e. The number of carbonyl (C=O) groups excluding carboxylic acids is 1. The van der Waals surface area contributed by atoms with E-state index >= 15 is 0 Å². The molecule has 1 aromatic rings. The maximum Gasteiger partial charge on any atom is 0.222 e. The highest BCUT2D eigenvalue weighted by Crippen LogP contribution is 2.17. The Morgan fingerprint density at radius 2 is 1.87 bits per heavy atom. The Morgan fingerprint density at radius 3 is 2.48 bits per heavy atom. The molecule has 1 saturated heterocycles. The second-order valence-corrected chi connectivity index (χ2v) is 7.02. The first kappa shape index (κ1) is 17.8. The number of aryl methyl sites for hydroxylation is 1. The summed E-state index contributed by atoms with van der Waals surface area (Å²) in [6, 6.07) is 8.99. The van der Waals surface area contributed by atoms with E-state index in [0.717, 1.165) is 39.1 Å². The third-order valence-corrected chi connectivity index (χ3v) is 4.53. The van der Waals surface area contributed by atoms with Crippen LogP contribution in [0.3, 0.4) is 0 Å². The normalized spacial score (nSPS) is 17.3. The summed E-state index contributed by atoms with van der Waals surface area (Å²) in [7, 11) is 0. The summed E-state index contributed by atoms with van der Waals surface area (Å²) in [6.45, 7) is 13.5. The number of piperazine rings is 1. The van der Waals surface area contributed by atoms with Crippen molar-refractivity contribution in [1.29, 1.82) is 0 Å². The highest BCUT2D eigenvalue weighted by molar-refractivity contribution is 5.78. The van der Waals surface area contributed by atoms with E-state index in [0.29, 0.717) is 0 Å². The first-order valence-corrected chi connectivity index (χ1v) is 8.80. The molecule has 0 aliphatic carbocycles. The van der Waals surface area contributed by atoms with E-state index < -0.39 is 0 Å². The van der Waals surface area contributed by atoms with Crippen LogP contribution in [0.4, 0.5) is 5.69 Å². The molecule has 1 atom stereocenters. The monoisotopic (exact) mass is 317 g/mol. The minimum atomic E-state index is 0.0651. The first-order valence-electron chi connectivity index (χ1n) is 8.80. The number of anilines is 1. The molecule has 0 saturated carbocycles. The van der Waals surface area contributed by atoms with Crippen LogP contribution in [0.25, 0.3) is 0 Å². The van der Waals surface area contributed by atoms with Crippen LogP contribution in [0.1, 0.15) is 32.8 Å². The van der Waals surface area contributed by atoms with Gasteiger partial charge in [0.05, 0.1) is 0 Å². The molecule has 1 heterocycles. The number of carbonyl (C=O) groups is 1. The van der Waals surface area contributed by atoms with Crippen molar-refractivity contribution in [2.24, 2.45) is 5.92 Å². The molecule has 0 spiro atoms. The van der Waals surface area contributed by atoms with Gasteiger partial charge in [-0.05, 0) is 38.0 Å². The lowest BCUT2D eigenvalue weighted by Crippen LogP contribution is -2.47. The third-order valence-electron chi connectivity index (χ3n) is 4.53. The van der Waals surface area contributed by atoms with Crippen molar-refractivity contribution in [2.75, 3.05) is 37.6 Å². The van der Waals surface area contributed by atoms with E-state index in [-0.39, 0.29) is 17.9 Å². The fourth-order valence-electron chi connectivity index (χ4n) is 2.91. The number of nitrogens with one attached hydrogen (secondary N) is 1. The van der Waals surface area contributed by atoms with E-state index in [2.05, 4.69) is 53.2 Å². The number of amides is 1. The quantitative estimate of drug-likeness (QED) is 0.876. The summed E-state index contributed by atoms with van der Waals surface area (Å²) in [6.07, 6.45) is 1.02. The van der Waals surface area contributed by atoms with Gasteiger partial charge in [0.25, 0.3) is 0 Å². The molecule has 1 unspecified atom stereocenters. The fraction of sp³-hybridized carbons (Fsp3) is 0.632. The van der Waals surface area contributed by atoms with Crippen molar-refractivity contribution in [1.82, 2.24) is 10.2 Å². The number of benzene rings is 1. The van der Waals surface area contributed by atoms with Crippen LogP contribution in [0.15, 0.2) is 24.3 Å². The van der Waals surface area contributed by atoms with Crippen LogP contribution in [0.5, 0.6) is 0 Å². The molecular weight excluding hydrogens is 286 g/mol. The van der Waals surface area contributed by atoms with Crippen molar-refractivity contribution in [3.05, 3.63) is 29.8 Å². The number of hydrogen-bond donors (Lipinski definition) is 1. The van der Waals surface area contributed by atoms with Crippen LogP contribution in [0.2, 0.25) is 0 Å². The van der Waals surface area contributed by atoms with Gasteiger partial charge < -0.3 is 10.2 Å². The number of hydrogen-bond acceptors (Lipinski definition) is 3. The summed E-state index contributed by atoms with van der Waals surface area (Å²) in [5.74, 6) is 0.220. The SMILES string of the molecule is Cc1cccc(N2CCN(CCC(C)NC(=O)C(C)C)CC2)c1. The highest BCUT2D eigenvalue weighted by Gasteiger charge is 2.18. The van der Waals surface area contributed by atoms with Crippen molar-refractivity contribution in [3.8, 4) is 0 Å². The second kappa shape index (κ2) is 8.34. The van der Waals surface area contributed by atoms with Gasteiger partial charge in [-0.15, -0.1) is 0 Å². The molecule has 1 aliphatic rings. The molecular formula is C19H31N3O. The van der Waals surface area contributed by atoms with E-state index in [9.17, 15) is 4.79 Å². The van der Waals surface area contributed by atoms with Gasteiger partial charge in [0.15, 0.2) is 0 Å². The second-order valence-electron chi connectivity index (χ2n) is 7.02. The highest BCUT2D eigenvalue weighted by atomic mass is 16.1. The van der Waals surface area contributed by atoms with Gasteiger partial charge in [-0.2, -0.15) is 0 Å². The maximum absolute atomic E-state index is 11.7. The first-order chi connectivity index (χ1) is 11.0. The Bertz CT molecular complexity index is 507. The summed E-state index contributed by atoms with van der Waals surface area (Å²) in [5, 5.41) is 3.08. The van der Waals surface area contributed by atoms with E-state index in [4.69, 9.17) is 0 Å². The zero-order valence-electron chi connectivity index (χ0n) is 15.0. The predicted molar refractivity (Wildman–Crippen MR) is 96.9 cm³/mol. The van der Waals surface area contributed by atoms with Crippen molar-refractivity contribution in [2.45, 2.75) is 40.2 Å². The van der Waals surface area contributed by atoms with Crippen LogP contribution < -0.4 is 10.2 Å². The number of rotatable bonds is 6. The third kappa shape index (κ3) is 5.54. The van der Waals surface area contributed by atoms with E-state index in [1.54, 1.807) is 0 Å². The molecule has 1 N–H and O–H groups in total. The van der Waals surface area contributed by atoms with Crippen molar-refractivity contribution < 1.29 is 4.79 Å². The molecule has 1 amide bonds. The van der Waals surface area contributed by atoms with E-state index in [1.165, 1.54) is 11.3 Å². The van der Waals surface area contributed by atoms with Gasteiger partial charge >= 0.3 is 0 Å². The molecule has 0 aromatic heterocycles. The molecule has 4 nitrogen and oxygen atoms in total. The minimum absolute atomic E-state index is 0.0651. The Hall–Kier alpha value is -1.55. The van der Waals surface area contributed by atoms with Gasteiger partial charge in [-0.25, -0.2) is 0 Å². The Labute approximate surface area is 140 Å². The lowest BCUT2D eigenvalue weighted by molar-refractivity contribution is -0.124. The molecule has 0 radical (unpaired) electrons.